The lowest BCUT2D eigenvalue weighted by Crippen LogP contribution is -2.30. The highest BCUT2D eigenvalue weighted by molar-refractivity contribution is 7.92. The summed E-state index contributed by atoms with van der Waals surface area (Å²) in [5.74, 6) is -0.486. The molecule has 162 valence electrons. The van der Waals surface area contributed by atoms with Gasteiger partial charge in [0, 0.05) is 10.7 Å². The van der Waals surface area contributed by atoms with Crippen LogP contribution in [0.1, 0.15) is 12.5 Å². The molecule has 6 nitrogen and oxygen atoms in total. The fraction of sp³-hybridized carbons (Fsp3) is 0.136. The number of sulfonamides is 1. The summed E-state index contributed by atoms with van der Waals surface area (Å²) >= 11 is 6.04. The van der Waals surface area contributed by atoms with Gasteiger partial charge in [-0.25, -0.2) is 12.8 Å². The number of halogens is 2. The molecule has 0 heterocycles. The van der Waals surface area contributed by atoms with E-state index in [0.29, 0.717) is 27.7 Å². The molecule has 3 aromatic carbocycles. The van der Waals surface area contributed by atoms with Crippen LogP contribution < -0.4 is 14.8 Å². The van der Waals surface area contributed by atoms with Crippen LogP contribution in [-0.2, 0) is 14.8 Å². The molecular formula is C22H20ClFN2O4S. The summed E-state index contributed by atoms with van der Waals surface area (Å²) in [6.07, 6.45) is -0.846. The second kappa shape index (κ2) is 9.36. The molecular weight excluding hydrogens is 443 g/mol. The van der Waals surface area contributed by atoms with Crippen molar-refractivity contribution in [3.63, 3.8) is 0 Å². The van der Waals surface area contributed by atoms with Crippen LogP contribution in [0.2, 0.25) is 5.02 Å². The molecule has 0 saturated heterocycles. The lowest BCUT2D eigenvalue weighted by Gasteiger charge is -2.15. The van der Waals surface area contributed by atoms with E-state index in [9.17, 15) is 17.6 Å². The van der Waals surface area contributed by atoms with E-state index in [0.717, 1.165) is 0 Å². The zero-order valence-corrected chi connectivity index (χ0v) is 18.3. The maximum atomic E-state index is 13.0. The molecule has 0 saturated carbocycles. The monoisotopic (exact) mass is 462 g/mol. The molecule has 31 heavy (non-hydrogen) atoms. The van der Waals surface area contributed by atoms with Gasteiger partial charge >= 0.3 is 0 Å². The molecule has 1 amide bonds. The van der Waals surface area contributed by atoms with E-state index in [1.165, 1.54) is 48.5 Å². The smallest absolute Gasteiger partial charge is 0.265 e. The molecule has 2 N–H and O–H groups in total. The highest BCUT2D eigenvalue weighted by atomic mass is 35.5. The minimum atomic E-state index is -3.84. The Morgan fingerprint density at radius 3 is 2.32 bits per heavy atom. The summed E-state index contributed by atoms with van der Waals surface area (Å²) in [4.78, 5) is 12.4. The number of amides is 1. The molecule has 3 aromatic rings. The van der Waals surface area contributed by atoms with Gasteiger partial charge in [0.2, 0.25) is 0 Å². The van der Waals surface area contributed by atoms with Gasteiger partial charge in [0.15, 0.2) is 6.10 Å². The number of hydrogen-bond acceptors (Lipinski definition) is 4. The summed E-state index contributed by atoms with van der Waals surface area (Å²) in [5.41, 5.74) is 1.40. The minimum absolute atomic E-state index is 0.0282. The molecule has 0 aliphatic rings. The zero-order valence-electron chi connectivity index (χ0n) is 16.7. The first-order valence-corrected chi connectivity index (χ1v) is 11.1. The average molecular weight is 463 g/mol. The van der Waals surface area contributed by atoms with Gasteiger partial charge in [-0.15, -0.1) is 0 Å². The number of nitrogens with one attached hydrogen (secondary N) is 2. The van der Waals surface area contributed by atoms with Crippen LogP contribution in [0.3, 0.4) is 0 Å². The Balaban J connectivity index is 1.65. The van der Waals surface area contributed by atoms with Gasteiger partial charge in [0.1, 0.15) is 11.6 Å². The van der Waals surface area contributed by atoms with Crippen LogP contribution in [0.15, 0.2) is 71.6 Å². The van der Waals surface area contributed by atoms with E-state index >= 15 is 0 Å². The maximum Gasteiger partial charge on any atom is 0.265 e. The lowest BCUT2D eigenvalue weighted by atomic mass is 10.2. The largest absolute Gasteiger partial charge is 0.481 e. The number of ether oxygens (including phenoxy) is 1. The quantitative estimate of drug-likeness (QED) is 0.517. The van der Waals surface area contributed by atoms with Gasteiger partial charge < -0.3 is 10.1 Å². The van der Waals surface area contributed by atoms with Crippen LogP contribution in [0, 0.1) is 12.7 Å². The first kappa shape index (κ1) is 22.6. The Kier molecular flexibility index (Phi) is 6.82. The third-order valence-corrected chi connectivity index (χ3v) is 6.23. The van der Waals surface area contributed by atoms with Crippen molar-refractivity contribution in [2.75, 3.05) is 10.0 Å². The molecule has 3 rings (SSSR count). The third-order valence-electron chi connectivity index (χ3n) is 4.44. The maximum absolute atomic E-state index is 13.0. The number of carbonyl (C=O) groups is 1. The first-order chi connectivity index (χ1) is 14.7. The van der Waals surface area contributed by atoms with Crippen molar-refractivity contribution in [3.05, 3.63) is 83.1 Å². The molecule has 0 aromatic heterocycles. The number of benzene rings is 3. The molecule has 0 radical (unpaired) electrons. The molecule has 0 fully saturated rings. The first-order valence-electron chi connectivity index (χ1n) is 9.27. The van der Waals surface area contributed by atoms with E-state index < -0.39 is 27.9 Å². The van der Waals surface area contributed by atoms with Gasteiger partial charge in [-0.05, 0) is 80.1 Å². The van der Waals surface area contributed by atoms with Crippen molar-refractivity contribution >= 4 is 38.9 Å². The van der Waals surface area contributed by atoms with Crippen LogP contribution in [0.4, 0.5) is 15.8 Å². The van der Waals surface area contributed by atoms with Crippen molar-refractivity contribution in [2.45, 2.75) is 24.8 Å². The zero-order chi connectivity index (χ0) is 22.6. The molecule has 0 unspecified atom stereocenters. The van der Waals surface area contributed by atoms with Crippen molar-refractivity contribution in [1.82, 2.24) is 0 Å². The van der Waals surface area contributed by atoms with Crippen LogP contribution in [-0.4, -0.2) is 20.4 Å². The van der Waals surface area contributed by atoms with Crippen molar-refractivity contribution < 1.29 is 22.3 Å². The fourth-order valence-electron chi connectivity index (χ4n) is 2.65. The van der Waals surface area contributed by atoms with E-state index in [4.69, 9.17) is 16.3 Å². The number of anilines is 2. The van der Waals surface area contributed by atoms with Crippen molar-refractivity contribution in [3.8, 4) is 5.75 Å². The van der Waals surface area contributed by atoms with Crippen LogP contribution >= 0.6 is 11.6 Å². The molecule has 0 bridgehead atoms. The minimum Gasteiger partial charge on any atom is -0.481 e. The normalized spacial score (nSPS) is 12.1. The summed E-state index contributed by atoms with van der Waals surface area (Å²) < 4.78 is 46.2. The Morgan fingerprint density at radius 2 is 1.68 bits per heavy atom. The standard InChI is InChI=1S/C22H20ClFN2O4S/c1-14-20(23)4-3-5-21(14)26-31(28,29)19-12-8-17(9-13-19)25-22(27)15(2)30-18-10-6-16(24)7-11-18/h3-13,15,26H,1-2H3,(H,25,27)/t15-/m1/s1. The second-order valence-electron chi connectivity index (χ2n) is 6.75. The predicted octanol–water partition coefficient (Wildman–Crippen LogP) is 4.99. The molecule has 0 aliphatic carbocycles. The van der Waals surface area contributed by atoms with Crippen molar-refractivity contribution in [1.29, 1.82) is 0 Å². The van der Waals surface area contributed by atoms with Crippen molar-refractivity contribution in [2.24, 2.45) is 0 Å². The number of hydrogen-bond donors (Lipinski definition) is 2. The predicted molar refractivity (Wildman–Crippen MR) is 119 cm³/mol. The topological polar surface area (TPSA) is 84.5 Å². The third kappa shape index (κ3) is 5.74. The fourth-order valence-corrected chi connectivity index (χ4v) is 3.95. The number of carbonyl (C=O) groups excluding carboxylic acids is 1. The van der Waals surface area contributed by atoms with Gasteiger partial charge in [-0.1, -0.05) is 17.7 Å². The second-order valence-corrected chi connectivity index (χ2v) is 8.84. The molecule has 0 aliphatic heterocycles. The Bertz CT molecular complexity index is 1180. The summed E-state index contributed by atoms with van der Waals surface area (Å²) in [6, 6.07) is 16.0. The number of rotatable bonds is 7. The highest BCUT2D eigenvalue weighted by Gasteiger charge is 2.18. The van der Waals surface area contributed by atoms with Crippen LogP contribution in [0.25, 0.3) is 0 Å². The molecule has 0 spiro atoms. The van der Waals surface area contributed by atoms with Gasteiger partial charge in [0.05, 0.1) is 10.6 Å². The van der Waals surface area contributed by atoms with Gasteiger partial charge in [-0.2, -0.15) is 0 Å². The molecule has 9 heteroatoms. The lowest BCUT2D eigenvalue weighted by molar-refractivity contribution is -0.122. The summed E-state index contributed by atoms with van der Waals surface area (Å²) in [7, 11) is -3.84. The van der Waals surface area contributed by atoms with E-state index in [1.807, 2.05) is 0 Å². The summed E-state index contributed by atoms with van der Waals surface area (Å²) in [5, 5.41) is 3.10. The Morgan fingerprint density at radius 1 is 1.03 bits per heavy atom. The van der Waals surface area contributed by atoms with E-state index in [1.54, 1.807) is 32.0 Å². The van der Waals surface area contributed by atoms with E-state index in [-0.39, 0.29) is 4.90 Å². The van der Waals surface area contributed by atoms with Crippen LogP contribution in [0.5, 0.6) is 5.75 Å². The van der Waals surface area contributed by atoms with E-state index in [2.05, 4.69) is 10.0 Å². The average Bonchev–Trinajstić information content (AvgIpc) is 2.73. The molecule has 1 atom stereocenters. The van der Waals surface area contributed by atoms with Gasteiger partial charge in [0.25, 0.3) is 15.9 Å². The summed E-state index contributed by atoms with van der Waals surface area (Å²) in [6.45, 7) is 3.27. The Labute approximate surface area is 185 Å². The SMILES string of the molecule is Cc1c(Cl)cccc1NS(=O)(=O)c1ccc(NC(=O)[C@@H](C)Oc2ccc(F)cc2)cc1. The van der Waals surface area contributed by atoms with Gasteiger partial charge in [-0.3, -0.25) is 9.52 Å². The highest BCUT2D eigenvalue weighted by Crippen LogP contribution is 2.26. The Hall–Kier alpha value is -3.10.